The van der Waals surface area contributed by atoms with Gasteiger partial charge in [0.15, 0.2) is 0 Å². The average Bonchev–Trinajstić information content (AvgIpc) is 2.39. The van der Waals surface area contributed by atoms with E-state index in [0.29, 0.717) is 0 Å². The molecule has 2 aromatic carbocycles. The summed E-state index contributed by atoms with van der Waals surface area (Å²) in [7, 11) is 0. The van der Waals surface area contributed by atoms with Gasteiger partial charge in [0, 0.05) is 12.1 Å². The molecular weight excluding hydrogens is 208 g/mol. The quantitative estimate of drug-likeness (QED) is 0.845. The van der Waals surface area contributed by atoms with Gasteiger partial charge in [-0.05, 0) is 18.1 Å². The number of aryl methyl sites for hydroxylation is 1. The second-order valence-electron chi connectivity index (χ2n) is 4.37. The van der Waals surface area contributed by atoms with Gasteiger partial charge in [-0.2, -0.15) is 0 Å². The van der Waals surface area contributed by atoms with Crippen LogP contribution in [-0.2, 0) is 0 Å². The van der Waals surface area contributed by atoms with Crippen LogP contribution >= 0.6 is 0 Å². The maximum Gasteiger partial charge on any atom is 0.0491 e. The Morgan fingerprint density at radius 2 is 1.18 bits per heavy atom. The van der Waals surface area contributed by atoms with Gasteiger partial charge in [0.05, 0.1) is 0 Å². The number of rotatable bonds is 3. The van der Waals surface area contributed by atoms with Gasteiger partial charge in [-0.25, -0.2) is 0 Å². The predicted molar refractivity (Wildman–Crippen MR) is 71.5 cm³/mol. The van der Waals surface area contributed by atoms with Crippen LogP contribution in [0.2, 0.25) is 0 Å². The molecule has 2 atom stereocenters. The monoisotopic (exact) mass is 226 g/mol. The molecule has 2 aromatic rings. The predicted octanol–water partition coefficient (Wildman–Crippen LogP) is 2.69. The Balaban J connectivity index is 2.20. The van der Waals surface area contributed by atoms with Crippen LogP contribution in [0.1, 0.15) is 28.8 Å². The zero-order valence-electron chi connectivity index (χ0n) is 10.0. The Hall–Kier alpha value is -1.64. The molecule has 2 nitrogen and oxygen atoms in total. The highest BCUT2D eigenvalue weighted by atomic mass is 14.8. The van der Waals surface area contributed by atoms with Gasteiger partial charge >= 0.3 is 0 Å². The largest absolute Gasteiger partial charge is 0.322 e. The zero-order valence-corrected chi connectivity index (χ0v) is 10.0. The van der Waals surface area contributed by atoms with Crippen molar-refractivity contribution in [1.82, 2.24) is 0 Å². The number of hydrogen-bond donors (Lipinski definition) is 2. The first kappa shape index (κ1) is 11.8. The lowest BCUT2D eigenvalue weighted by Crippen LogP contribution is -2.26. The van der Waals surface area contributed by atoms with E-state index in [4.69, 9.17) is 11.5 Å². The molecule has 0 unspecified atom stereocenters. The van der Waals surface area contributed by atoms with E-state index in [1.54, 1.807) is 0 Å². The molecule has 0 fully saturated rings. The molecule has 0 amide bonds. The lowest BCUT2D eigenvalue weighted by atomic mass is 9.94. The summed E-state index contributed by atoms with van der Waals surface area (Å²) in [6, 6.07) is 17.8. The van der Waals surface area contributed by atoms with Crippen molar-refractivity contribution in [2.45, 2.75) is 19.0 Å². The third-order valence-corrected chi connectivity index (χ3v) is 3.03. The third-order valence-electron chi connectivity index (χ3n) is 3.03. The second kappa shape index (κ2) is 5.13. The fraction of sp³-hybridized carbons (Fsp3) is 0.200. The van der Waals surface area contributed by atoms with Gasteiger partial charge in [0.2, 0.25) is 0 Å². The first-order valence-corrected chi connectivity index (χ1v) is 5.81. The van der Waals surface area contributed by atoms with E-state index in [1.165, 1.54) is 5.56 Å². The molecule has 0 bridgehead atoms. The molecule has 4 N–H and O–H groups in total. The van der Waals surface area contributed by atoms with Crippen molar-refractivity contribution >= 4 is 0 Å². The summed E-state index contributed by atoms with van der Waals surface area (Å²) in [6.45, 7) is 2.06. The first-order chi connectivity index (χ1) is 8.18. The van der Waals surface area contributed by atoms with Crippen LogP contribution in [0.5, 0.6) is 0 Å². The zero-order chi connectivity index (χ0) is 12.3. The Kier molecular flexibility index (Phi) is 3.57. The van der Waals surface area contributed by atoms with E-state index in [-0.39, 0.29) is 12.1 Å². The summed E-state index contributed by atoms with van der Waals surface area (Å²) >= 11 is 0. The van der Waals surface area contributed by atoms with Gasteiger partial charge in [0.25, 0.3) is 0 Å². The van der Waals surface area contributed by atoms with Gasteiger partial charge in [0.1, 0.15) is 0 Å². The van der Waals surface area contributed by atoms with Crippen LogP contribution in [0.3, 0.4) is 0 Å². The van der Waals surface area contributed by atoms with Crippen molar-refractivity contribution in [2.75, 3.05) is 0 Å². The standard InChI is InChI=1S/C15H18N2/c1-11-7-9-13(10-8-11)15(17)14(16)12-5-3-2-4-6-12/h2-10,14-15H,16-17H2,1H3/t14-,15+/m1/s1. The maximum absolute atomic E-state index is 6.20. The van der Waals surface area contributed by atoms with E-state index < -0.39 is 0 Å². The molecule has 2 heteroatoms. The molecule has 88 valence electrons. The minimum atomic E-state index is -0.169. The van der Waals surface area contributed by atoms with Crippen LogP contribution in [-0.4, -0.2) is 0 Å². The van der Waals surface area contributed by atoms with Crippen LogP contribution in [0.25, 0.3) is 0 Å². The summed E-state index contributed by atoms with van der Waals surface area (Å²) in [6.07, 6.45) is 0. The van der Waals surface area contributed by atoms with Gasteiger partial charge in [-0.3, -0.25) is 0 Å². The van der Waals surface area contributed by atoms with Crippen molar-refractivity contribution in [2.24, 2.45) is 11.5 Å². The number of benzene rings is 2. The van der Waals surface area contributed by atoms with Crippen molar-refractivity contribution in [1.29, 1.82) is 0 Å². The Labute approximate surface area is 102 Å². The summed E-state index contributed by atoms with van der Waals surface area (Å²) in [5.41, 5.74) is 15.8. The molecule has 0 spiro atoms. The van der Waals surface area contributed by atoms with Crippen LogP contribution < -0.4 is 11.5 Å². The van der Waals surface area contributed by atoms with Crippen LogP contribution in [0, 0.1) is 6.92 Å². The number of hydrogen-bond acceptors (Lipinski definition) is 2. The van der Waals surface area contributed by atoms with Crippen molar-refractivity contribution in [3.05, 3.63) is 71.3 Å². The van der Waals surface area contributed by atoms with Gasteiger partial charge in [-0.1, -0.05) is 60.2 Å². The van der Waals surface area contributed by atoms with Crippen LogP contribution in [0.15, 0.2) is 54.6 Å². The molecule has 0 heterocycles. The Morgan fingerprint density at radius 1 is 0.706 bits per heavy atom. The van der Waals surface area contributed by atoms with Crippen molar-refractivity contribution in [3.63, 3.8) is 0 Å². The molecular formula is C15H18N2. The lowest BCUT2D eigenvalue weighted by molar-refractivity contribution is 0.574. The van der Waals surface area contributed by atoms with Gasteiger partial charge < -0.3 is 11.5 Å². The lowest BCUT2D eigenvalue weighted by Gasteiger charge is -2.20. The van der Waals surface area contributed by atoms with Gasteiger partial charge in [-0.15, -0.1) is 0 Å². The topological polar surface area (TPSA) is 52.0 Å². The Bertz CT molecular complexity index is 462. The normalized spacial score (nSPS) is 14.3. The minimum Gasteiger partial charge on any atom is -0.322 e. The van der Waals surface area contributed by atoms with Crippen molar-refractivity contribution in [3.8, 4) is 0 Å². The maximum atomic E-state index is 6.20. The highest BCUT2D eigenvalue weighted by molar-refractivity contribution is 5.28. The molecule has 0 radical (unpaired) electrons. The molecule has 0 aliphatic carbocycles. The Morgan fingerprint density at radius 3 is 1.71 bits per heavy atom. The molecule has 2 rings (SSSR count). The summed E-state index contributed by atoms with van der Waals surface area (Å²) < 4.78 is 0. The highest BCUT2D eigenvalue weighted by Crippen LogP contribution is 2.24. The molecule has 0 saturated heterocycles. The molecule has 0 saturated carbocycles. The van der Waals surface area contributed by atoms with E-state index in [9.17, 15) is 0 Å². The molecule has 0 aliphatic heterocycles. The summed E-state index contributed by atoms with van der Waals surface area (Å²) in [4.78, 5) is 0. The van der Waals surface area contributed by atoms with E-state index in [1.807, 2.05) is 42.5 Å². The smallest absolute Gasteiger partial charge is 0.0491 e. The summed E-state index contributed by atoms with van der Waals surface area (Å²) in [5.74, 6) is 0. The second-order valence-corrected chi connectivity index (χ2v) is 4.37. The van der Waals surface area contributed by atoms with E-state index >= 15 is 0 Å². The number of nitrogens with two attached hydrogens (primary N) is 2. The first-order valence-electron chi connectivity index (χ1n) is 5.81. The SMILES string of the molecule is Cc1ccc([C@H](N)[C@H](N)c2ccccc2)cc1. The van der Waals surface area contributed by atoms with E-state index in [2.05, 4.69) is 19.1 Å². The molecule has 0 aliphatic rings. The van der Waals surface area contributed by atoms with Crippen molar-refractivity contribution < 1.29 is 0 Å². The molecule has 0 aromatic heterocycles. The third kappa shape index (κ3) is 2.73. The van der Waals surface area contributed by atoms with E-state index in [0.717, 1.165) is 11.1 Å². The minimum absolute atomic E-state index is 0.168. The highest BCUT2D eigenvalue weighted by Gasteiger charge is 2.16. The average molecular weight is 226 g/mol. The molecule has 17 heavy (non-hydrogen) atoms. The fourth-order valence-electron chi connectivity index (χ4n) is 1.88. The summed E-state index contributed by atoms with van der Waals surface area (Å²) in [5, 5.41) is 0. The van der Waals surface area contributed by atoms with Crippen LogP contribution in [0.4, 0.5) is 0 Å². The fourth-order valence-corrected chi connectivity index (χ4v) is 1.88.